The maximum atomic E-state index is 10.7. The highest BCUT2D eigenvalue weighted by molar-refractivity contribution is 4.90. The van der Waals surface area contributed by atoms with Gasteiger partial charge in [-0.3, -0.25) is 0 Å². The lowest BCUT2D eigenvalue weighted by Gasteiger charge is -2.40. The number of piperidine rings is 1. The van der Waals surface area contributed by atoms with Gasteiger partial charge in [-0.25, -0.2) is 0 Å². The first-order valence-electron chi connectivity index (χ1n) is 7.98. The number of rotatable bonds is 4. The lowest BCUT2D eigenvalue weighted by Crippen LogP contribution is -2.51. The molecule has 1 N–H and O–H groups in total. The van der Waals surface area contributed by atoms with Gasteiger partial charge < -0.3 is 19.6 Å². The molecule has 0 aliphatic carbocycles. The number of β-amino-alcohol motifs (C(OH)–C–C–N with tert-alkyl or cyclic N) is 1. The van der Waals surface area contributed by atoms with E-state index in [9.17, 15) is 5.11 Å². The third-order valence-corrected chi connectivity index (χ3v) is 5.04. The molecule has 4 heteroatoms. The molecule has 0 radical (unpaired) electrons. The van der Waals surface area contributed by atoms with Crippen molar-refractivity contribution in [3.05, 3.63) is 0 Å². The molecular weight excluding hydrogens is 240 g/mol. The Balaban J connectivity index is 1.42. The molecule has 19 heavy (non-hydrogen) atoms. The van der Waals surface area contributed by atoms with Crippen LogP contribution in [0.15, 0.2) is 0 Å². The minimum atomic E-state index is -0.424. The van der Waals surface area contributed by atoms with Gasteiger partial charge in [0.25, 0.3) is 0 Å². The Morgan fingerprint density at radius 2 is 1.79 bits per heavy atom. The highest BCUT2D eigenvalue weighted by Crippen LogP contribution is 2.26. The Morgan fingerprint density at radius 1 is 1.05 bits per heavy atom. The zero-order valence-electron chi connectivity index (χ0n) is 12.0. The van der Waals surface area contributed by atoms with Gasteiger partial charge in [0, 0.05) is 32.8 Å². The summed E-state index contributed by atoms with van der Waals surface area (Å²) in [5.74, 6) is 0.727. The molecule has 3 rings (SSSR count). The van der Waals surface area contributed by atoms with Crippen molar-refractivity contribution in [3.63, 3.8) is 0 Å². The van der Waals surface area contributed by atoms with Crippen molar-refractivity contribution in [1.29, 1.82) is 0 Å². The van der Waals surface area contributed by atoms with Crippen molar-refractivity contribution in [2.24, 2.45) is 5.92 Å². The summed E-state index contributed by atoms with van der Waals surface area (Å²) < 4.78 is 5.45. The molecule has 110 valence electrons. The van der Waals surface area contributed by atoms with Gasteiger partial charge in [-0.05, 0) is 51.1 Å². The van der Waals surface area contributed by atoms with Crippen LogP contribution in [0.5, 0.6) is 0 Å². The van der Waals surface area contributed by atoms with Gasteiger partial charge in [0.2, 0.25) is 0 Å². The van der Waals surface area contributed by atoms with Crippen molar-refractivity contribution in [3.8, 4) is 0 Å². The van der Waals surface area contributed by atoms with E-state index in [-0.39, 0.29) is 0 Å². The Labute approximate surface area is 116 Å². The van der Waals surface area contributed by atoms with E-state index in [1.807, 2.05) is 0 Å². The molecule has 3 saturated heterocycles. The van der Waals surface area contributed by atoms with E-state index >= 15 is 0 Å². The summed E-state index contributed by atoms with van der Waals surface area (Å²) >= 11 is 0. The average molecular weight is 268 g/mol. The quantitative estimate of drug-likeness (QED) is 0.823. The van der Waals surface area contributed by atoms with Crippen LogP contribution in [0.4, 0.5) is 0 Å². The van der Waals surface area contributed by atoms with Gasteiger partial charge in [0.1, 0.15) is 0 Å². The number of hydrogen-bond acceptors (Lipinski definition) is 4. The molecular formula is C15H28N2O2. The van der Waals surface area contributed by atoms with Crippen molar-refractivity contribution in [1.82, 2.24) is 9.80 Å². The average Bonchev–Trinajstić information content (AvgIpc) is 3.06. The Bertz CT molecular complexity index is 278. The molecule has 0 spiro atoms. The van der Waals surface area contributed by atoms with Gasteiger partial charge in [0.05, 0.1) is 12.2 Å². The maximum absolute atomic E-state index is 10.7. The van der Waals surface area contributed by atoms with Gasteiger partial charge in [-0.15, -0.1) is 0 Å². The van der Waals surface area contributed by atoms with Crippen LogP contribution in [0.25, 0.3) is 0 Å². The first-order valence-corrected chi connectivity index (χ1v) is 7.98. The highest BCUT2D eigenvalue weighted by atomic mass is 16.5. The monoisotopic (exact) mass is 268 g/mol. The lowest BCUT2D eigenvalue weighted by molar-refractivity contribution is -0.0438. The Hall–Kier alpha value is -0.160. The van der Waals surface area contributed by atoms with E-state index in [0.29, 0.717) is 0 Å². The highest BCUT2D eigenvalue weighted by Gasteiger charge is 2.35. The van der Waals surface area contributed by atoms with Crippen molar-refractivity contribution in [2.75, 3.05) is 52.5 Å². The summed E-state index contributed by atoms with van der Waals surface area (Å²) in [5.41, 5.74) is -0.424. The number of likely N-dealkylation sites (tertiary alicyclic amines) is 2. The third-order valence-electron chi connectivity index (χ3n) is 5.04. The maximum Gasteiger partial charge on any atom is 0.0798 e. The van der Waals surface area contributed by atoms with Crippen molar-refractivity contribution in [2.45, 2.75) is 37.7 Å². The molecule has 0 amide bonds. The number of hydrogen-bond donors (Lipinski definition) is 1. The first kappa shape index (κ1) is 13.8. The lowest BCUT2D eigenvalue weighted by atomic mass is 9.90. The summed E-state index contributed by atoms with van der Waals surface area (Å²) in [6, 6.07) is 0. The van der Waals surface area contributed by atoms with Crippen LogP contribution in [0, 0.1) is 5.92 Å². The second-order valence-corrected chi connectivity index (χ2v) is 6.74. The molecule has 4 nitrogen and oxygen atoms in total. The summed E-state index contributed by atoms with van der Waals surface area (Å²) in [4.78, 5) is 4.97. The topological polar surface area (TPSA) is 35.9 Å². The third kappa shape index (κ3) is 3.69. The fourth-order valence-corrected chi connectivity index (χ4v) is 3.76. The van der Waals surface area contributed by atoms with Crippen molar-refractivity contribution >= 4 is 0 Å². The molecule has 1 unspecified atom stereocenters. The molecule has 1 atom stereocenters. The van der Waals surface area contributed by atoms with E-state index in [0.717, 1.165) is 51.6 Å². The molecule has 0 saturated carbocycles. The molecule has 0 aromatic heterocycles. The summed E-state index contributed by atoms with van der Waals surface area (Å²) in [6.45, 7) is 8.43. The molecule has 0 aromatic rings. The summed E-state index contributed by atoms with van der Waals surface area (Å²) in [7, 11) is 0. The minimum Gasteiger partial charge on any atom is -0.388 e. The van der Waals surface area contributed by atoms with E-state index in [1.54, 1.807) is 0 Å². The van der Waals surface area contributed by atoms with Gasteiger partial charge in [0.15, 0.2) is 0 Å². The van der Waals surface area contributed by atoms with Crippen LogP contribution >= 0.6 is 0 Å². The Kier molecular flexibility index (Phi) is 4.42. The van der Waals surface area contributed by atoms with Crippen LogP contribution in [0.2, 0.25) is 0 Å². The predicted octanol–water partition coefficient (Wildman–Crippen LogP) is 0.946. The van der Waals surface area contributed by atoms with Crippen LogP contribution in [0.1, 0.15) is 32.1 Å². The number of ether oxygens (including phenoxy) is 1. The molecule has 0 aromatic carbocycles. The largest absolute Gasteiger partial charge is 0.388 e. The predicted molar refractivity (Wildman–Crippen MR) is 75.2 cm³/mol. The first-order chi connectivity index (χ1) is 9.23. The molecule has 0 bridgehead atoms. The van der Waals surface area contributed by atoms with E-state index in [1.165, 1.54) is 38.9 Å². The van der Waals surface area contributed by atoms with E-state index in [2.05, 4.69) is 9.80 Å². The van der Waals surface area contributed by atoms with E-state index < -0.39 is 5.60 Å². The Morgan fingerprint density at radius 3 is 2.42 bits per heavy atom. The zero-order valence-corrected chi connectivity index (χ0v) is 12.0. The second kappa shape index (κ2) is 6.08. The van der Waals surface area contributed by atoms with Crippen LogP contribution in [-0.2, 0) is 4.74 Å². The van der Waals surface area contributed by atoms with Crippen LogP contribution < -0.4 is 0 Å². The normalized spacial score (nSPS) is 33.0. The summed E-state index contributed by atoms with van der Waals surface area (Å²) in [5, 5.41) is 10.7. The van der Waals surface area contributed by atoms with E-state index in [4.69, 9.17) is 4.74 Å². The number of nitrogens with zero attached hydrogens (tertiary/aromatic N) is 2. The van der Waals surface area contributed by atoms with Crippen LogP contribution in [0.3, 0.4) is 0 Å². The van der Waals surface area contributed by atoms with Gasteiger partial charge in [-0.1, -0.05) is 0 Å². The minimum absolute atomic E-state index is 0.424. The molecule has 3 aliphatic heterocycles. The van der Waals surface area contributed by atoms with Gasteiger partial charge in [-0.2, -0.15) is 0 Å². The molecule has 3 heterocycles. The SMILES string of the molecule is OC1(CN2CCCC2)CCN(CC2CCOC2)CC1. The fourth-order valence-electron chi connectivity index (χ4n) is 3.76. The zero-order chi connectivity index (χ0) is 13.1. The summed E-state index contributed by atoms with van der Waals surface area (Å²) in [6.07, 6.45) is 5.72. The molecule has 3 aliphatic rings. The van der Waals surface area contributed by atoms with Crippen LogP contribution in [-0.4, -0.2) is 73.0 Å². The van der Waals surface area contributed by atoms with Crippen molar-refractivity contribution < 1.29 is 9.84 Å². The smallest absolute Gasteiger partial charge is 0.0798 e. The van der Waals surface area contributed by atoms with Gasteiger partial charge >= 0.3 is 0 Å². The number of aliphatic hydroxyl groups is 1. The fraction of sp³-hybridized carbons (Fsp3) is 1.00. The standard InChI is InChI=1S/C15H28N2O2/c18-15(13-17-6-1-2-7-17)4-8-16(9-5-15)11-14-3-10-19-12-14/h14,18H,1-13H2. The second-order valence-electron chi connectivity index (χ2n) is 6.74. The molecule has 3 fully saturated rings.